The van der Waals surface area contributed by atoms with Gasteiger partial charge in [0.25, 0.3) is 0 Å². The van der Waals surface area contributed by atoms with Gasteiger partial charge in [0.2, 0.25) is 0 Å². The molecule has 4 aromatic rings. The van der Waals surface area contributed by atoms with Crippen LogP contribution in [0.3, 0.4) is 0 Å². The first-order chi connectivity index (χ1) is 15.2. The van der Waals surface area contributed by atoms with Crippen LogP contribution >= 0.6 is 0 Å². The van der Waals surface area contributed by atoms with E-state index >= 15 is 0 Å². The standard InChI is InChI=1S/C24H26N6O/c1-17-19-7-3-4-8-20(19)27-23(26-17)16-30-12-9-24(31-2,10-13-30)22-14-21(28-29-22)18-6-5-11-25-15-18/h3-8,11,14-15H,9-10,12-13,16H2,1-2H3,(H,28,29). The van der Waals surface area contributed by atoms with Crippen LogP contribution in [-0.4, -0.2) is 50.2 Å². The van der Waals surface area contributed by atoms with Gasteiger partial charge in [-0.25, -0.2) is 9.97 Å². The highest BCUT2D eigenvalue weighted by Gasteiger charge is 2.38. The lowest BCUT2D eigenvalue weighted by Gasteiger charge is -2.39. The summed E-state index contributed by atoms with van der Waals surface area (Å²) >= 11 is 0. The zero-order chi connectivity index (χ0) is 21.3. The summed E-state index contributed by atoms with van der Waals surface area (Å²) in [6.07, 6.45) is 5.35. The third-order valence-electron chi connectivity index (χ3n) is 6.29. The molecule has 1 aromatic carbocycles. The number of aromatic amines is 1. The normalized spacial score (nSPS) is 16.6. The molecule has 0 atom stereocenters. The first-order valence-electron chi connectivity index (χ1n) is 10.6. The van der Waals surface area contributed by atoms with Crippen molar-refractivity contribution in [3.05, 3.63) is 72.1 Å². The van der Waals surface area contributed by atoms with Crippen LogP contribution in [0.25, 0.3) is 22.2 Å². The van der Waals surface area contributed by atoms with Crippen molar-refractivity contribution in [1.29, 1.82) is 0 Å². The minimum atomic E-state index is -0.357. The molecule has 0 aliphatic carbocycles. The summed E-state index contributed by atoms with van der Waals surface area (Å²) in [5.41, 5.74) is 4.59. The van der Waals surface area contributed by atoms with Crippen molar-refractivity contribution < 1.29 is 4.74 Å². The van der Waals surface area contributed by atoms with Crippen molar-refractivity contribution in [2.24, 2.45) is 0 Å². The molecule has 0 spiro atoms. The maximum Gasteiger partial charge on any atom is 0.143 e. The Bertz CT molecular complexity index is 1180. The lowest BCUT2D eigenvalue weighted by atomic mass is 9.87. The number of ether oxygens (including phenoxy) is 1. The van der Waals surface area contributed by atoms with Crippen LogP contribution in [0.5, 0.6) is 0 Å². The number of methoxy groups -OCH3 is 1. The number of nitrogens with one attached hydrogen (secondary N) is 1. The van der Waals surface area contributed by atoms with Crippen molar-refractivity contribution in [2.45, 2.75) is 31.9 Å². The summed E-state index contributed by atoms with van der Waals surface area (Å²) in [5.74, 6) is 0.876. The SMILES string of the molecule is COC1(c2cc(-c3cccnc3)n[nH]2)CCN(Cc2nc(C)c3ccccc3n2)CC1. The molecule has 1 aliphatic heterocycles. The van der Waals surface area contributed by atoms with Crippen LogP contribution in [0.4, 0.5) is 0 Å². The number of aromatic nitrogens is 5. The lowest BCUT2D eigenvalue weighted by molar-refractivity contribution is -0.0671. The zero-order valence-electron chi connectivity index (χ0n) is 17.9. The molecule has 7 nitrogen and oxygen atoms in total. The fourth-order valence-corrected chi connectivity index (χ4v) is 4.44. The second kappa shape index (κ2) is 8.17. The van der Waals surface area contributed by atoms with Gasteiger partial charge in [0, 0.05) is 49.2 Å². The van der Waals surface area contributed by atoms with Gasteiger partial charge in [0.05, 0.1) is 23.4 Å². The van der Waals surface area contributed by atoms with Gasteiger partial charge >= 0.3 is 0 Å². The third-order valence-corrected chi connectivity index (χ3v) is 6.29. The molecule has 0 bridgehead atoms. The average Bonchev–Trinajstić information content (AvgIpc) is 3.31. The largest absolute Gasteiger partial charge is 0.372 e. The second-order valence-corrected chi connectivity index (χ2v) is 8.13. The predicted molar refractivity (Wildman–Crippen MR) is 119 cm³/mol. The summed E-state index contributed by atoms with van der Waals surface area (Å²) in [4.78, 5) is 16.1. The number of hydrogen-bond acceptors (Lipinski definition) is 6. The maximum atomic E-state index is 6.04. The van der Waals surface area contributed by atoms with Crippen LogP contribution in [0, 0.1) is 6.92 Å². The summed E-state index contributed by atoms with van der Waals surface area (Å²) in [6.45, 7) is 4.61. The smallest absolute Gasteiger partial charge is 0.143 e. The highest BCUT2D eigenvalue weighted by atomic mass is 16.5. The molecule has 0 radical (unpaired) electrons. The van der Waals surface area contributed by atoms with E-state index in [-0.39, 0.29) is 5.60 Å². The molecule has 0 unspecified atom stereocenters. The number of rotatable bonds is 5. The van der Waals surface area contributed by atoms with Crippen LogP contribution < -0.4 is 0 Å². The van der Waals surface area contributed by atoms with Gasteiger partial charge in [0.1, 0.15) is 11.4 Å². The summed E-state index contributed by atoms with van der Waals surface area (Å²) in [6, 6.07) is 14.2. The number of H-pyrrole nitrogens is 1. The van der Waals surface area contributed by atoms with Gasteiger partial charge in [0.15, 0.2) is 0 Å². The highest BCUT2D eigenvalue weighted by molar-refractivity contribution is 5.80. The van der Waals surface area contributed by atoms with Gasteiger partial charge in [-0.3, -0.25) is 15.0 Å². The molecule has 31 heavy (non-hydrogen) atoms. The summed E-state index contributed by atoms with van der Waals surface area (Å²) in [7, 11) is 1.79. The lowest BCUT2D eigenvalue weighted by Crippen LogP contribution is -2.43. The van der Waals surface area contributed by atoms with E-state index in [9.17, 15) is 0 Å². The summed E-state index contributed by atoms with van der Waals surface area (Å²) in [5, 5.41) is 8.83. The van der Waals surface area contributed by atoms with Crippen molar-refractivity contribution in [3.63, 3.8) is 0 Å². The van der Waals surface area contributed by atoms with Gasteiger partial charge in [-0.15, -0.1) is 0 Å². The van der Waals surface area contributed by atoms with Crippen molar-refractivity contribution >= 4 is 10.9 Å². The number of aryl methyl sites for hydroxylation is 1. The number of pyridine rings is 1. The van der Waals surface area contributed by atoms with E-state index in [1.54, 1.807) is 13.3 Å². The van der Waals surface area contributed by atoms with E-state index in [0.717, 1.165) is 71.8 Å². The molecular weight excluding hydrogens is 388 g/mol. The fourth-order valence-electron chi connectivity index (χ4n) is 4.44. The molecule has 158 valence electrons. The number of para-hydroxylation sites is 1. The minimum Gasteiger partial charge on any atom is -0.372 e. The molecule has 4 heterocycles. The van der Waals surface area contributed by atoms with E-state index < -0.39 is 0 Å². The Morgan fingerprint density at radius 3 is 2.71 bits per heavy atom. The molecule has 7 heteroatoms. The Balaban J connectivity index is 1.30. The maximum absolute atomic E-state index is 6.04. The van der Waals surface area contributed by atoms with Crippen LogP contribution in [-0.2, 0) is 16.9 Å². The van der Waals surface area contributed by atoms with Gasteiger partial charge in [-0.2, -0.15) is 5.10 Å². The zero-order valence-corrected chi connectivity index (χ0v) is 17.9. The molecule has 0 amide bonds. The fraction of sp³-hybridized carbons (Fsp3) is 0.333. The predicted octanol–water partition coefficient (Wildman–Crippen LogP) is 3.86. The molecule has 1 saturated heterocycles. The number of likely N-dealkylation sites (tertiary alicyclic amines) is 1. The molecule has 1 aliphatic rings. The Hall–Kier alpha value is -3.16. The summed E-state index contributed by atoms with van der Waals surface area (Å²) < 4.78 is 6.04. The van der Waals surface area contributed by atoms with Gasteiger partial charge in [-0.05, 0) is 44.0 Å². The van der Waals surface area contributed by atoms with Crippen LogP contribution in [0.2, 0.25) is 0 Å². The number of piperidine rings is 1. The van der Waals surface area contributed by atoms with Gasteiger partial charge in [-0.1, -0.05) is 18.2 Å². The highest BCUT2D eigenvalue weighted by Crippen LogP contribution is 2.36. The van der Waals surface area contributed by atoms with E-state index in [1.165, 1.54) is 0 Å². The Labute approximate surface area is 181 Å². The second-order valence-electron chi connectivity index (χ2n) is 8.13. The quantitative estimate of drug-likeness (QED) is 0.534. The minimum absolute atomic E-state index is 0.357. The number of fused-ring (bicyclic) bond motifs is 1. The molecular formula is C24H26N6O. The molecule has 0 saturated carbocycles. The Kier molecular flexibility index (Phi) is 5.21. The van der Waals surface area contributed by atoms with Gasteiger partial charge < -0.3 is 4.74 Å². The first kappa shape index (κ1) is 19.8. The first-order valence-corrected chi connectivity index (χ1v) is 10.6. The molecule has 1 fully saturated rings. The Morgan fingerprint density at radius 2 is 1.94 bits per heavy atom. The van der Waals surface area contributed by atoms with E-state index in [1.807, 2.05) is 30.5 Å². The van der Waals surface area contributed by atoms with Crippen LogP contribution in [0.1, 0.15) is 30.1 Å². The molecule has 1 N–H and O–H groups in total. The molecule has 5 rings (SSSR count). The van der Waals surface area contributed by atoms with E-state index in [0.29, 0.717) is 0 Å². The number of hydrogen-bond donors (Lipinski definition) is 1. The van der Waals surface area contributed by atoms with E-state index in [4.69, 9.17) is 14.7 Å². The number of benzene rings is 1. The topological polar surface area (TPSA) is 79.8 Å². The number of nitrogens with zero attached hydrogens (tertiary/aromatic N) is 5. The molecule has 3 aromatic heterocycles. The van der Waals surface area contributed by atoms with E-state index in [2.05, 4.69) is 45.2 Å². The third kappa shape index (κ3) is 3.82. The van der Waals surface area contributed by atoms with Crippen molar-refractivity contribution in [1.82, 2.24) is 30.0 Å². The van der Waals surface area contributed by atoms with Crippen molar-refractivity contribution in [3.8, 4) is 11.3 Å². The van der Waals surface area contributed by atoms with Crippen molar-refractivity contribution in [2.75, 3.05) is 20.2 Å². The average molecular weight is 415 g/mol. The Morgan fingerprint density at radius 1 is 1.10 bits per heavy atom. The monoisotopic (exact) mass is 414 g/mol. The van der Waals surface area contributed by atoms with Crippen LogP contribution in [0.15, 0.2) is 54.9 Å².